The van der Waals surface area contributed by atoms with Crippen LogP contribution in [-0.2, 0) is 30.5 Å². The standard InChI is InChI=1S/C26H35N3O4.C2HF3O2/c1-2-23(17-25(31)33-19-21-7-4-3-5-8-21)28-26(32)22-9-6-16-29(18-22)24(30)11-10-20-12-14-27-15-13-20;3-2(4,5)1(6)7/h1,3-5,7-8,20,22-23,27H,6,9-19H2,(H,28,32);(H,6,7)/t22-,23-;/m1./s1. The number of carboxylic acids is 1. The van der Waals surface area contributed by atoms with Gasteiger partial charge in [-0.25, -0.2) is 4.79 Å². The summed E-state index contributed by atoms with van der Waals surface area (Å²) in [5.41, 5.74) is 0.888. The van der Waals surface area contributed by atoms with Gasteiger partial charge in [-0.3, -0.25) is 14.4 Å². The number of rotatable bonds is 9. The number of nitrogens with zero attached hydrogens (tertiary/aromatic N) is 1. The van der Waals surface area contributed by atoms with Crippen LogP contribution in [0.1, 0.15) is 50.5 Å². The molecule has 0 radical (unpaired) electrons. The number of alkyl halides is 3. The summed E-state index contributed by atoms with van der Waals surface area (Å²) in [5.74, 6) is -0.516. The Morgan fingerprint density at radius 3 is 2.40 bits per heavy atom. The summed E-state index contributed by atoms with van der Waals surface area (Å²) in [6, 6.07) is 8.65. The van der Waals surface area contributed by atoms with E-state index < -0.39 is 24.2 Å². The van der Waals surface area contributed by atoms with Gasteiger partial charge >= 0.3 is 18.1 Å². The SMILES string of the molecule is C#C[C@H](CC(=O)OCc1ccccc1)NC(=O)[C@@H]1CCCN(C(=O)CCC2CCNCC2)C1.O=C(O)C(F)(F)F. The molecule has 2 atom stereocenters. The highest BCUT2D eigenvalue weighted by Crippen LogP contribution is 2.22. The minimum absolute atomic E-state index is 0.0827. The van der Waals surface area contributed by atoms with Crippen molar-refractivity contribution in [2.45, 2.75) is 63.8 Å². The zero-order chi connectivity index (χ0) is 29.5. The third-order valence-electron chi connectivity index (χ3n) is 6.74. The summed E-state index contributed by atoms with van der Waals surface area (Å²) in [4.78, 5) is 48.4. The van der Waals surface area contributed by atoms with Crippen LogP contribution in [0.2, 0.25) is 0 Å². The van der Waals surface area contributed by atoms with Crippen LogP contribution in [0.3, 0.4) is 0 Å². The molecule has 3 rings (SSSR count). The van der Waals surface area contributed by atoms with Crippen molar-refractivity contribution < 1.29 is 42.2 Å². The van der Waals surface area contributed by atoms with Crippen LogP contribution >= 0.6 is 0 Å². The molecule has 0 spiro atoms. The van der Waals surface area contributed by atoms with Gasteiger partial charge < -0.3 is 25.4 Å². The fraction of sp³-hybridized carbons (Fsp3) is 0.571. The molecule has 40 heavy (non-hydrogen) atoms. The molecule has 0 aromatic heterocycles. The fourth-order valence-electron chi connectivity index (χ4n) is 4.48. The zero-order valence-electron chi connectivity index (χ0n) is 22.3. The average Bonchev–Trinajstić information content (AvgIpc) is 2.95. The molecule has 0 bridgehead atoms. The third kappa shape index (κ3) is 12.1. The largest absolute Gasteiger partial charge is 0.490 e. The second-order valence-electron chi connectivity index (χ2n) is 9.79. The molecule has 2 saturated heterocycles. The van der Waals surface area contributed by atoms with E-state index in [4.69, 9.17) is 21.1 Å². The van der Waals surface area contributed by atoms with Crippen molar-refractivity contribution in [2.75, 3.05) is 26.2 Å². The number of esters is 1. The minimum atomic E-state index is -5.08. The number of aliphatic carboxylic acids is 1. The molecule has 1 aromatic carbocycles. The Balaban J connectivity index is 0.000000708. The lowest BCUT2D eigenvalue weighted by atomic mass is 9.92. The first-order chi connectivity index (χ1) is 19.0. The van der Waals surface area contributed by atoms with E-state index in [0.717, 1.165) is 44.3 Å². The number of nitrogens with one attached hydrogen (secondary N) is 2. The predicted molar refractivity (Wildman–Crippen MR) is 139 cm³/mol. The van der Waals surface area contributed by atoms with Crippen LogP contribution in [0, 0.1) is 24.2 Å². The van der Waals surface area contributed by atoms with Gasteiger partial charge in [0.2, 0.25) is 11.8 Å². The Labute approximate surface area is 231 Å². The first-order valence-electron chi connectivity index (χ1n) is 13.2. The predicted octanol–water partition coefficient (Wildman–Crippen LogP) is 2.89. The van der Waals surface area contributed by atoms with Gasteiger partial charge in [-0.2, -0.15) is 13.2 Å². The van der Waals surface area contributed by atoms with Crippen molar-refractivity contribution in [3.8, 4) is 12.3 Å². The number of ether oxygens (including phenoxy) is 1. The lowest BCUT2D eigenvalue weighted by Gasteiger charge is -2.33. The molecule has 0 saturated carbocycles. The number of carbonyl (C=O) groups is 4. The molecule has 9 nitrogen and oxygen atoms in total. The quantitative estimate of drug-likeness (QED) is 0.310. The van der Waals surface area contributed by atoms with Crippen LogP contribution in [-0.4, -0.2) is 72.2 Å². The topological polar surface area (TPSA) is 125 Å². The highest BCUT2D eigenvalue weighted by Gasteiger charge is 2.38. The number of carbonyl (C=O) groups excluding carboxylic acids is 3. The van der Waals surface area contributed by atoms with Crippen LogP contribution in [0.4, 0.5) is 13.2 Å². The van der Waals surface area contributed by atoms with Gasteiger partial charge in [-0.05, 0) is 56.7 Å². The maximum Gasteiger partial charge on any atom is 0.490 e. The Bertz CT molecular complexity index is 1020. The van der Waals surface area contributed by atoms with Gasteiger partial charge in [0.1, 0.15) is 12.6 Å². The summed E-state index contributed by atoms with van der Waals surface area (Å²) in [6.45, 7) is 3.33. The molecule has 12 heteroatoms. The summed E-state index contributed by atoms with van der Waals surface area (Å²) < 4.78 is 37.0. The van der Waals surface area contributed by atoms with Crippen molar-refractivity contribution in [3.63, 3.8) is 0 Å². The number of hydrogen-bond acceptors (Lipinski definition) is 6. The molecular formula is C28H36F3N3O6. The molecule has 2 heterocycles. The van der Waals surface area contributed by atoms with E-state index >= 15 is 0 Å². The van der Waals surface area contributed by atoms with Crippen LogP contribution in [0.15, 0.2) is 30.3 Å². The number of hydrogen-bond donors (Lipinski definition) is 3. The number of terminal acetylenes is 1. The normalized spacial score (nSPS) is 18.4. The zero-order valence-corrected chi connectivity index (χ0v) is 22.3. The van der Waals surface area contributed by atoms with Crippen molar-refractivity contribution in [2.24, 2.45) is 11.8 Å². The van der Waals surface area contributed by atoms with Gasteiger partial charge in [0, 0.05) is 19.5 Å². The fourth-order valence-corrected chi connectivity index (χ4v) is 4.48. The van der Waals surface area contributed by atoms with Gasteiger partial charge in [0.15, 0.2) is 0 Å². The van der Waals surface area contributed by atoms with Crippen molar-refractivity contribution in [3.05, 3.63) is 35.9 Å². The van der Waals surface area contributed by atoms with Gasteiger partial charge in [0.05, 0.1) is 12.3 Å². The van der Waals surface area contributed by atoms with Crippen LogP contribution in [0.25, 0.3) is 0 Å². The number of benzene rings is 1. The van der Waals surface area contributed by atoms with E-state index in [1.54, 1.807) is 0 Å². The molecule has 3 N–H and O–H groups in total. The highest BCUT2D eigenvalue weighted by atomic mass is 19.4. The van der Waals surface area contributed by atoms with Crippen molar-refractivity contribution >= 4 is 23.8 Å². The molecule has 0 aliphatic carbocycles. The van der Waals surface area contributed by atoms with E-state index in [2.05, 4.69) is 16.6 Å². The van der Waals surface area contributed by atoms with E-state index in [9.17, 15) is 27.6 Å². The highest BCUT2D eigenvalue weighted by molar-refractivity contribution is 5.82. The minimum Gasteiger partial charge on any atom is -0.475 e. The smallest absolute Gasteiger partial charge is 0.475 e. The first kappa shape index (κ1) is 32.6. The molecule has 2 aliphatic rings. The molecular weight excluding hydrogens is 531 g/mol. The van der Waals surface area contributed by atoms with E-state index in [-0.39, 0.29) is 30.8 Å². The molecule has 220 valence electrons. The Morgan fingerprint density at radius 1 is 1.15 bits per heavy atom. The van der Waals surface area contributed by atoms with Crippen molar-refractivity contribution in [1.82, 2.24) is 15.5 Å². The maximum absolute atomic E-state index is 12.8. The maximum atomic E-state index is 12.8. The third-order valence-corrected chi connectivity index (χ3v) is 6.74. The lowest BCUT2D eigenvalue weighted by Crippen LogP contribution is -2.47. The lowest BCUT2D eigenvalue weighted by molar-refractivity contribution is -0.192. The van der Waals surface area contributed by atoms with Gasteiger partial charge in [-0.1, -0.05) is 36.3 Å². The Morgan fingerprint density at radius 2 is 1.80 bits per heavy atom. The molecule has 2 amide bonds. The van der Waals surface area contributed by atoms with Gasteiger partial charge in [0.25, 0.3) is 0 Å². The van der Waals surface area contributed by atoms with E-state index in [0.29, 0.717) is 31.8 Å². The Hall–Kier alpha value is -3.59. The summed E-state index contributed by atoms with van der Waals surface area (Å²) in [7, 11) is 0. The monoisotopic (exact) mass is 567 g/mol. The summed E-state index contributed by atoms with van der Waals surface area (Å²) in [5, 5.41) is 13.3. The number of amides is 2. The number of carboxylic acid groups (broad SMARTS) is 1. The van der Waals surface area contributed by atoms with Crippen molar-refractivity contribution in [1.29, 1.82) is 0 Å². The second kappa shape index (κ2) is 16.5. The molecule has 0 unspecified atom stereocenters. The number of likely N-dealkylation sites (tertiary alicyclic amines) is 1. The van der Waals surface area contributed by atoms with Crippen LogP contribution in [0.5, 0.6) is 0 Å². The van der Waals surface area contributed by atoms with E-state index in [1.165, 1.54) is 0 Å². The molecule has 2 fully saturated rings. The first-order valence-corrected chi connectivity index (χ1v) is 13.2. The second-order valence-corrected chi connectivity index (χ2v) is 9.79. The Kier molecular flexibility index (Phi) is 13.5. The van der Waals surface area contributed by atoms with E-state index in [1.807, 2.05) is 35.2 Å². The van der Waals surface area contributed by atoms with Gasteiger partial charge in [-0.15, -0.1) is 6.42 Å². The molecule has 2 aliphatic heterocycles. The number of halogens is 3. The summed E-state index contributed by atoms with van der Waals surface area (Å²) >= 11 is 0. The average molecular weight is 568 g/mol. The van der Waals surface area contributed by atoms with Crippen LogP contribution < -0.4 is 10.6 Å². The summed E-state index contributed by atoms with van der Waals surface area (Å²) in [6.07, 6.45) is 5.59. The molecule has 1 aromatic rings. The number of piperidine rings is 2.